The number of methoxy groups -OCH3 is 1. The summed E-state index contributed by atoms with van der Waals surface area (Å²) in [6.07, 6.45) is 2.12. The number of hydrogen-bond donors (Lipinski definition) is 0. The van der Waals surface area contributed by atoms with Gasteiger partial charge in [-0.05, 0) is 61.9 Å². The van der Waals surface area contributed by atoms with Crippen LogP contribution in [-0.4, -0.2) is 54.5 Å². The van der Waals surface area contributed by atoms with Gasteiger partial charge in [-0.2, -0.15) is 5.10 Å². The average molecular weight is 425 g/mol. The highest BCUT2D eigenvalue weighted by molar-refractivity contribution is 6.30. The van der Waals surface area contributed by atoms with Crippen LogP contribution >= 0.6 is 11.6 Å². The first-order valence-corrected chi connectivity index (χ1v) is 11.0. The molecule has 30 heavy (non-hydrogen) atoms. The van der Waals surface area contributed by atoms with E-state index in [0.29, 0.717) is 6.61 Å². The summed E-state index contributed by atoms with van der Waals surface area (Å²) in [4.78, 5) is 5.00. The van der Waals surface area contributed by atoms with Crippen LogP contribution in [0.2, 0.25) is 5.02 Å². The molecule has 158 valence electrons. The first kappa shape index (κ1) is 20.9. The van der Waals surface area contributed by atoms with E-state index in [1.165, 1.54) is 11.4 Å². The number of hydrogen-bond acceptors (Lipinski definition) is 4. The minimum atomic E-state index is 0.541. The van der Waals surface area contributed by atoms with E-state index in [4.69, 9.17) is 21.4 Å². The zero-order valence-electron chi connectivity index (χ0n) is 17.5. The molecule has 0 amide bonds. The molecule has 0 unspecified atom stereocenters. The van der Waals surface area contributed by atoms with Gasteiger partial charge < -0.3 is 9.64 Å². The molecule has 4 rings (SSSR count). The quantitative estimate of drug-likeness (QED) is 0.535. The molecular formula is C24H29ClN4O. The van der Waals surface area contributed by atoms with Crippen molar-refractivity contribution in [1.29, 1.82) is 0 Å². The van der Waals surface area contributed by atoms with Crippen molar-refractivity contribution in [2.75, 3.05) is 44.7 Å². The molecule has 0 aliphatic carbocycles. The summed E-state index contributed by atoms with van der Waals surface area (Å²) in [5, 5.41) is 5.54. The summed E-state index contributed by atoms with van der Waals surface area (Å²) in [7, 11) is 1.71. The van der Waals surface area contributed by atoms with Gasteiger partial charge in [0.1, 0.15) is 0 Å². The second-order valence-corrected chi connectivity index (χ2v) is 8.15. The Morgan fingerprint density at radius 2 is 1.67 bits per heavy atom. The molecule has 0 atom stereocenters. The molecule has 2 heterocycles. The van der Waals surface area contributed by atoms with Crippen LogP contribution in [0.3, 0.4) is 0 Å². The lowest BCUT2D eigenvalue weighted by atomic mass is 10.2. The van der Waals surface area contributed by atoms with Gasteiger partial charge in [-0.3, -0.25) is 4.90 Å². The average Bonchev–Trinajstić information content (AvgIpc) is 3.18. The summed E-state index contributed by atoms with van der Waals surface area (Å²) in [5.74, 6) is 0. The van der Waals surface area contributed by atoms with Crippen molar-refractivity contribution in [2.45, 2.75) is 19.4 Å². The SMILES string of the molecule is COCc1cc(CCCN2CCN(c3ccc(Cl)cc3)CC2)n(-c2ccccc2)n1. The Morgan fingerprint density at radius 1 is 0.933 bits per heavy atom. The van der Waals surface area contributed by atoms with E-state index in [0.717, 1.165) is 62.0 Å². The minimum absolute atomic E-state index is 0.541. The van der Waals surface area contributed by atoms with Crippen molar-refractivity contribution in [1.82, 2.24) is 14.7 Å². The molecule has 3 aromatic rings. The van der Waals surface area contributed by atoms with Crippen LogP contribution in [0.4, 0.5) is 5.69 Å². The summed E-state index contributed by atoms with van der Waals surface area (Å²) in [6, 6.07) is 20.7. The molecule has 2 aromatic carbocycles. The predicted octanol–water partition coefficient (Wildman–Crippen LogP) is 4.43. The maximum atomic E-state index is 6.01. The molecule has 1 aliphatic heterocycles. The fourth-order valence-electron chi connectivity index (χ4n) is 4.03. The Labute approximate surface area is 183 Å². The molecule has 6 heteroatoms. The fourth-order valence-corrected chi connectivity index (χ4v) is 4.16. The predicted molar refractivity (Wildman–Crippen MR) is 123 cm³/mol. The first-order valence-electron chi connectivity index (χ1n) is 10.6. The number of halogens is 1. The van der Waals surface area contributed by atoms with Gasteiger partial charge in [0.25, 0.3) is 0 Å². The summed E-state index contributed by atoms with van der Waals surface area (Å²) < 4.78 is 7.35. The molecular weight excluding hydrogens is 396 g/mol. The molecule has 0 N–H and O–H groups in total. The smallest absolute Gasteiger partial charge is 0.0902 e. The Balaban J connectivity index is 1.31. The van der Waals surface area contributed by atoms with Gasteiger partial charge in [0.2, 0.25) is 0 Å². The highest BCUT2D eigenvalue weighted by atomic mass is 35.5. The van der Waals surface area contributed by atoms with Gasteiger partial charge in [-0.1, -0.05) is 29.8 Å². The van der Waals surface area contributed by atoms with Crippen molar-refractivity contribution < 1.29 is 4.74 Å². The third-order valence-corrected chi connectivity index (χ3v) is 5.85. The maximum Gasteiger partial charge on any atom is 0.0902 e. The van der Waals surface area contributed by atoms with Crippen LogP contribution in [0.15, 0.2) is 60.7 Å². The number of rotatable bonds is 8. The van der Waals surface area contributed by atoms with Crippen LogP contribution in [-0.2, 0) is 17.8 Å². The Morgan fingerprint density at radius 3 is 2.37 bits per heavy atom. The van der Waals surface area contributed by atoms with Gasteiger partial charge in [0, 0.05) is 49.7 Å². The van der Waals surface area contributed by atoms with E-state index in [1.807, 2.05) is 18.2 Å². The molecule has 5 nitrogen and oxygen atoms in total. The second kappa shape index (κ2) is 10.1. The van der Waals surface area contributed by atoms with E-state index in [9.17, 15) is 0 Å². The second-order valence-electron chi connectivity index (χ2n) is 7.72. The van der Waals surface area contributed by atoms with Crippen molar-refractivity contribution >= 4 is 17.3 Å². The number of ether oxygens (including phenoxy) is 1. The summed E-state index contributed by atoms with van der Waals surface area (Å²) >= 11 is 6.01. The molecule has 1 saturated heterocycles. The number of benzene rings is 2. The van der Waals surface area contributed by atoms with E-state index < -0.39 is 0 Å². The zero-order chi connectivity index (χ0) is 20.8. The van der Waals surface area contributed by atoms with E-state index in [-0.39, 0.29) is 0 Å². The summed E-state index contributed by atoms with van der Waals surface area (Å²) in [5.41, 5.74) is 4.59. The van der Waals surface area contributed by atoms with Crippen molar-refractivity contribution in [3.63, 3.8) is 0 Å². The third kappa shape index (κ3) is 5.22. The van der Waals surface area contributed by atoms with E-state index >= 15 is 0 Å². The topological polar surface area (TPSA) is 33.5 Å². The number of para-hydroxylation sites is 1. The third-order valence-electron chi connectivity index (χ3n) is 5.60. The number of piperazine rings is 1. The van der Waals surface area contributed by atoms with Crippen molar-refractivity contribution in [3.05, 3.63) is 77.1 Å². The van der Waals surface area contributed by atoms with E-state index in [1.54, 1.807) is 7.11 Å². The lowest BCUT2D eigenvalue weighted by Gasteiger charge is -2.36. The van der Waals surface area contributed by atoms with Crippen LogP contribution in [0.1, 0.15) is 17.8 Å². The van der Waals surface area contributed by atoms with Gasteiger partial charge in [-0.25, -0.2) is 4.68 Å². The molecule has 0 saturated carbocycles. The van der Waals surface area contributed by atoms with Crippen LogP contribution in [0.5, 0.6) is 0 Å². The normalized spacial score (nSPS) is 14.9. The number of nitrogens with zero attached hydrogens (tertiary/aromatic N) is 4. The molecule has 0 bridgehead atoms. The Hall–Kier alpha value is -2.34. The number of aromatic nitrogens is 2. The minimum Gasteiger partial charge on any atom is -0.378 e. The summed E-state index contributed by atoms with van der Waals surface area (Å²) in [6.45, 7) is 5.95. The maximum absolute atomic E-state index is 6.01. The fraction of sp³-hybridized carbons (Fsp3) is 0.375. The Bertz CT molecular complexity index is 918. The van der Waals surface area contributed by atoms with E-state index in [2.05, 4.69) is 56.9 Å². The lowest BCUT2D eigenvalue weighted by Crippen LogP contribution is -2.46. The van der Waals surface area contributed by atoms with Gasteiger partial charge >= 0.3 is 0 Å². The van der Waals surface area contributed by atoms with Crippen LogP contribution in [0, 0.1) is 0 Å². The molecule has 0 spiro atoms. The molecule has 1 aliphatic rings. The highest BCUT2D eigenvalue weighted by Crippen LogP contribution is 2.20. The number of anilines is 1. The molecule has 1 fully saturated rings. The lowest BCUT2D eigenvalue weighted by molar-refractivity contribution is 0.181. The number of aryl methyl sites for hydroxylation is 1. The van der Waals surface area contributed by atoms with Crippen LogP contribution in [0.25, 0.3) is 5.69 Å². The van der Waals surface area contributed by atoms with Crippen LogP contribution < -0.4 is 4.90 Å². The zero-order valence-corrected chi connectivity index (χ0v) is 18.3. The Kier molecular flexibility index (Phi) is 7.05. The van der Waals surface area contributed by atoms with Gasteiger partial charge in [0.15, 0.2) is 0 Å². The van der Waals surface area contributed by atoms with Gasteiger partial charge in [-0.15, -0.1) is 0 Å². The molecule has 0 radical (unpaired) electrons. The standard InChI is InChI=1S/C24H29ClN4O/c1-30-19-21-18-24(29(26-21)23-6-3-2-4-7-23)8-5-13-27-14-16-28(17-15-27)22-11-9-20(25)10-12-22/h2-4,6-7,9-12,18H,5,8,13-17,19H2,1H3. The largest absolute Gasteiger partial charge is 0.378 e. The highest BCUT2D eigenvalue weighted by Gasteiger charge is 2.17. The van der Waals surface area contributed by atoms with Crippen molar-refractivity contribution in [2.24, 2.45) is 0 Å². The van der Waals surface area contributed by atoms with Crippen molar-refractivity contribution in [3.8, 4) is 5.69 Å². The first-order chi connectivity index (χ1) is 14.7. The monoisotopic (exact) mass is 424 g/mol. The molecule has 1 aromatic heterocycles. The van der Waals surface area contributed by atoms with Gasteiger partial charge in [0.05, 0.1) is 18.0 Å².